The molecule has 10 unspecified atom stereocenters. The van der Waals surface area contributed by atoms with Gasteiger partial charge in [0.25, 0.3) is 5.91 Å². The number of rotatable bonds is 30. The minimum Gasteiger partial charge on any atom is -0.480 e. The molecule has 23 nitrogen and oxygen atoms in total. The first-order valence-corrected chi connectivity index (χ1v) is 23.5. The van der Waals surface area contributed by atoms with Crippen molar-refractivity contribution in [3.8, 4) is 0 Å². The van der Waals surface area contributed by atoms with E-state index >= 15 is 0 Å². The Morgan fingerprint density at radius 1 is 0.657 bits per heavy atom. The third-order valence-electron chi connectivity index (χ3n) is 10.6. The van der Waals surface area contributed by atoms with Gasteiger partial charge in [0.2, 0.25) is 35.4 Å². The van der Waals surface area contributed by atoms with Gasteiger partial charge in [-0.25, -0.2) is 4.79 Å². The second kappa shape index (κ2) is 30.4. The van der Waals surface area contributed by atoms with E-state index in [2.05, 4.69) is 37.2 Å². The SMILES string of the molecule is CC(C)CC(NC(=O)C(CCCCN)NC(=O)C(C)NC(=O)CNC(=O)CNC(=O)C(CCCCN)NC(=O)C(C)NC(=O)c1ccc(CCSC2OC(CO)C(O)C(O)C2O)cc1)C(=O)O. The number of aliphatic hydroxyl groups excluding tert-OH is 4. The number of unbranched alkanes of at least 4 members (excludes halogenated alkanes) is 2. The fraction of sp³-hybridized carbons (Fsp3) is 0.674. The van der Waals surface area contributed by atoms with E-state index in [-0.39, 0.29) is 30.7 Å². The Bertz CT molecular complexity index is 1780. The summed E-state index contributed by atoms with van der Waals surface area (Å²) in [6, 6.07) is 0.892. The first kappa shape index (κ1) is 58.2. The number of aliphatic hydroxyl groups is 4. The number of aryl methyl sites for hydroxylation is 1. The number of nitrogens with two attached hydrogens (primary N) is 2. The molecule has 1 aromatic rings. The highest BCUT2D eigenvalue weighted by atomic mass is 32.2. The number of ether oxygens (including phenoxy) is 1. The Hall–Kier alpha value is -4.95. The van der Waals surface area contributed by atoms with Crippen LogP contribution in [0, 0.1) is 5.92 Å². The van der Waals surface area contributed by atoms with Gasteiger partial charge in [0.15, 0.2) is 0 Å². The number of amides is 7. The number of nitrogens with one attached hydrogen (secondary N) is 7. The Labute approximate surface area is 394 Å². The van der Waals surface area contributed by atoms with Crippen LogP contribution >= 0.6 is 11.8 Å². The molecule has 2 rings (SSSR count). The summed E-state index contributed by atoms with van der Waals surface area (Å²) in [6.45, 7) is 5.38. The van der Waals surface area contributed by atoms with Crippen molar-refractivity contribution in [3.63, 3.8) is 0 Å². The summed E-state index contributed by atoms with van der Waals surface area (Å²) in [7, 11) is 0. The van der Waals surface area contributed by atoms with E-state index in [0.717, 1.165) is 5.56 Å². The van der Waals surface area contributed by atoms with Gasteiger partial charge < -0.3 is 79.0 Å². The maximum absolute atomic E-state index is 13.2. The lowest BCUT2D eigenvalue weighted by molar-refractivity contribution is -0.205. The highest BCUT2D eigenvalue weighted by molar-refractivity contribution is 7.99. The molecule has 1 aromatic carbocycles. The standard InChI is InChI=1S/C43H71N9O14S/c1-23(2)19-30(42(64)65)52-41(63)29(10-6-8-17-45)51-37(59)24(3)48-33(55)21-46-32(54)20-47-40(62)28(9-5-7-16-44)50-38(60)25(4)49-39(61)27-13-11-26(12-14-27)15-18-67-43-36(58)35(57)34(56)31(22-53)66-43/h11-14,23-25,28-31,34-36,43,53,56-58H,5-10,15-22,44-45H2,1-4H3,(H,46,54)(H,47,62)(H,48,55)(H,49,61)(H,50,60)(H,51,59)(H,52,63)(H,64,65). The molecule has 0 spiro atoms. The van der Waals surface area contributed by atoms with Crippen LogP contribution in [0.15, 0.2) is 24.3 Å². The normalized spacial score (nSPS) is 20.3. The quantitative estimate of drug-likeness (QED) is 0.0332. The predicted molar refractivity (Wildman–Crippen MR) is 246 cm³/mol. The molecule has 10 atom stereocenters. The summed E-state index contributed by atoms with van der Waals surface area (Å²) >= 11 is 1.20. The Morgan fingerprint density at radius 3 is 1.73 bits per heavy atom. The molecule has 0 radical (unpaired) electrons. The lowest BCUT2D eigenvalue weighted by atomic mass is 10.0. The smallest absolute Gasteiger partial charge is 0.326 e. The van der Waals surface area contributed by atoms with Gasteiger partial charge in [-0.3, -0.25) is 33.6 Å². The number of carbonyl (C=O) groups is 8. The molecule has 67 heavy (non-hydrogen) atoms. The van der Waals surface area contributed by atoms with E-state index in [4.69, 9.17) is 16.2 Å². The molecular formula is C43H71N9O14S. The number of hydrogen-bond donors (Lipinski definition) is 14. The van der Waals surface area contributed by atoms with Gasteiger partial charge in [0, 0.05) is 5.56 Å². The van der Waals surface area contributed by atoms with E-state index < -0.39 is 127 Å². The highest BCUT2D eigenvalue weighted by Crippen LogP contribution is 2.29. The molecule has 1 aliphatic rings. The Morgan fingerprint density at radius 2 is 1.19 bits per heavy atom. The van der Waals surface area contributed by atoms with Gasteiger partial charge in [0.05, 0.1) is 19.7 Å². The van der Waals surface area contributed by atoms with E-state index in [1.54, 1.807) is 38.1 Å². The molecule has 0 bridgehead atoms. The lowest BCUT2D eigenvalue weighted by Gasteiger charge is -2.39. The number of thioether (sulfide) groups is 1. The predicted octanol–water partition coefficient (Wildman–Crippen LogP) is -3.54. The first-order valence-electron chi connectivity index (χ1n) is 22.4. The maximum Gasteiger partial charge on any atom is 0.326 e. The summed E-state index contributed by atoms with van der Waals surface area (Å²) in [5.74, 6) is -5.73. The van der Waals surface area contributed by atoms with Crippen LogP contribution in [0.3, 0.4) is 0 Å². The van der Waals surface area contributed by atoms with Crippen molar-refractivity contribution >= 4 is 59.1 Å². The monoisotopic (exact) mass is 969 g/mol. The second-order valence-electron chi connectivity index (χ2n) is 16.7. The lowest BCUT2D eigenvalue weighted by Crippen LogP contribution is -2.57. The van der Waals surface area contributed by atoms with E-state index in [9.17, 15) is 63.9 Å². The van der Waals surface area contributed by atoms with Gasteiger partial charge in [-0.05, 0) is 108 Å². The zero-order valence-electron chi connectivity index (χ0n) is 38.5. The first-order chi connectivity index (χ1) is 31.7. The third-order valence-corrected chi connectivity index (χ3v) is 11.8. The van der Waals surface area contributed by atoms with Crippen LogP contribution in [0.1, 0.15) is 88.6 Å². The van der Waals surface area contributed by atoms with Crippen LogP contribution in [-0.2, 0) is 44.7 Å². The molecule has 1 aliphatic heterocycles. The zero-order chi connectivity index (χ0) is 50.2. The number of aliphatic carboxylic acids is 1. The van der Waals surface area contributed by atoms with Crippen molar-refractivity contribution in [2.75, 3.05) is 38.5 Å². The maximum atomic E-state index is 13.2. The van der Waals surface area contributed by atoms with Crippen LogP contribution < -0.4 is 48.7 Å². The molecule has 1 heterocycles. The van der Waals surface area contributed by atoms with Crippen molar-refractivity contribution in [1.82, 2.24) is 37.2 Å². The third kappa shape index (κ3) is 20.8. The molecule has 0 saturated carbocycles. The fourth-order valence-corrected chi connectivity index (χ4v) is 7.80. The number of carboxylic acid groups (broad SMARTS) is 1. The van der Waals surface area contributed by atoms with Crippen molar-refractivity contribution in [3.05, 3.63) is 35.4 Å². The Kier molecular flexibility index (Phi) is 26.4. The second-order valence-corrected chi connectivity index (χ2v) is 17.9. The summed E-state index contributed by atoms with van der Waals surface area (Å²) in [5, 5.41) is 66.5. The van der Waals surface area contributed by atoms with Crippen molar-refractivity contribution in [2.45, 2.75) is 139 Å². The molecule has 24 heteroatoms. The molecule has 1 fully saturated rings. The van der Waals surface area contributed by atoms with E-state index in [1.807, 2.05) is 0 Å². The van der Waals surface area contributed by atoms with Gasteiger partial charge in [-0.1, -0.05) is 26.0 Å². The van der Waals surface area contributed by atoms with Crippen LogP contribution in [0.2, 0.25) is 0 Å². The number of carbonyl (C=O) groups excluding carboxylic acids is 7. The van der Waals surface area contributed by atoms with Crippen molar-refractivity contribution in [2.24, 2.45) is 17.4 Å². The van der Waals surface area contributed by atoms with Crippen LogP contribution in [-0.4, -0.2) is 171 Å². The molecule has 378 valence electrons. The van der Waals surface area contributed by atoms with Crippen molar-refractivity contribution in [1.29, 1.82) is 0 Å². The fourth-order valence-electron chi connectivity index (χ4n) is 6.64. The molecule has 7 amide bonds. The number of hydrogen-bond acceptors (Lipinski definition) is 16. The zero-order valence-corrected chi connectivity index (χ0v) is 39.3. The van der Waals surface area contributed by atoms with Crippen molar-refractivity contribution < 1.29 is 68.6 Å². The minimum atomic E-state index is -1.47. The highest BCUT2D eigenvalue weighted by Gasteiger charge is 2.43. The van der Waals surface area contributed by atoms with Gasteiger partial charge >= 0.3 is 5.97 Å². The molecule has 1 saturated heterocycles. The van der Waals surface area contributed by atoms with Gasteiger partial charge in [-0.15, -0.1) is 11.8 Å². The summed E-state index contributed by atoms with van der Waals surface area (Å²) in [5.41, 5.74) is 11.4. The summed E-state index contributed by atoms with van der Waals surface area (Å²) in [6.07, 6.45) is -2.31. The van der Waals surface area contributed by atoms with E-state index in [1.165, 1.54) is 25.6 Å². The van der Waals surface area contributed by atoms with Gasteiger partial charge in [-0.2, -0.15) is 0 Å². The van der Waals surface area contributed by atoms with Crippen LogP contribution in [0.25, 0.3) is 0 Å². The molecule has 16 N–H and O–H groups in total. The van der Waals surface area contributed by atoms with Gasteiger partial charge in [0.1, 0.15) is 60.1 Å². The van der Waals surface area contributed by atoms with E-state index in [0.29, 0.717) is 50.9 Å². The largest absolute Gasteiger partial charge is 0.480 e. The molecule has 0 aromatic heterocycles. The molecule has 0 aliphatic carbocycles. The Balaban J connectivity index is 1.87. The number of carboxylic acids is 1. The van der Waals surface area contributed by atoms with Crippen LogP contribution in [0.5, 0.6) is 0 Å². The minimum absolute atomic E-state index is 0.0317. The number of benzene rings is 1. The average molecular weight is 970 g/mol. The average Bonchev–Trinajstić information content (AvgIpc) is 3.28. The van der Waals surface area contributed by atoms with Crippen LogP contribution in [0.4, 0.5) is 0 Å². The topological polar surface area (TPSA) is 383 Å². The molecular weight excluding hydrogens is 899 g/mol. The summed E-state index contributed by atoms with van der Waals surface area (Å²) in [4.78, 5) is 102. The summed E-state index contributed by atoms with van der Waals surface area (Å²) < 4.78 is 5.51.